The summed E-state index contributed by atoms with van der Waals surface area (Å²) in [5.74, 6) is -0.323. The Balaban J connectivity index is 2.68. The molecule has 0 unspecified atom stereocenters. The summed E-state index contributed by atoms with van der Waals surface area (Å²) in [5.41, 5.74) is 7.69. The van der Waals surface area contributed by atoms with Crippen LogP contribution in [0.15, 0.2) is 24.3 Å². The smallest absolute Gasteiger partial charge is 0.237 e. The van der Waals surface area contributed by atoms with Gasteiger partial charge in [0.25, 0.3) is 0 Å². The Kier molecular flexibility index (Phi) is 5.45. The number of amides is 1. The largest absolute Gasteiger partial charge is 0.344 e. The fraction of sp³-hybridized carbons (Fsp3) is 0.500. The SMILES string of the molecule is Cc1ccccc1C[C@H](N)C(=O)N[C@H]([C]=O)C(C)(C)C. The summed E-state index contributed by atoms with van der Waals surface area (Å²) in [5, 5.41) is 2.66. The summed E-state index contributed by atoms with van der Waals surface area (Å²) < 4.78 is 0. The molecule has 0 aliphatic carbocycles. The van der Waals surface area contributed by atoms with E-state index in [1.54, 1.807) is 0 Å². The van der Waals surface area contributed by atoms with Crippen molar-refractivity contribution >= 4 is 12.2 Å². The van der Waals surface area contributed by atoms with E-state index in [0.717, 1.165) is 11.1 Å². The topological polar surface area (TPSA) is 72.2 Å². The van der Waals surface area contributed by atoms with E-state index in [9.17, 15) is 9.59 Å². The molecule has 0 spiro atoms. The molecule has 0 fully saturated rings. The zero-order chi connectivity index (χ0) is 15.3. The number of carbonyl (C=O) groups is 1. The summed E-state index contributed by atoms with van der Waals surface area (Å²) in [4.78, 5) is 23.0. The van der Waals surface area contributed by atoms with E-state index in [-0.39, 0.29) is 11.3 Å². The average molecular weight is 275 g/mol. The molecule has 2 atom stereocenters. The Labute approximate surface area is 120 Å². The lowest BCUT2D eigenvalue weighted by Crippen LogP contribution is -2.51. The third-order valence-corrected chi connectivity index (χ3v) is 3.31. The van der Waals surface area contributed by atoms with Gasteiger partial charge < -0.3 is 11.1 Å². The van der Waals surface area contributed by atoms with Gasteiger partial charge in [-0.3, -0.25) is 9.59 Å². The summed E-state index contributed by atoms with van der Waals surface area (Å²) >= 11 is 0. The molecule has 0 heterocycles. The minimum absolute atomic E-state index is 0.323. The third-order valence-electron chi connectivity index (χ3n) is 3.31. The van der Waals surface area contributed by atoms with Crippen molar-refractivity contribution < 1.29 is 9.59 Å². The van der Waals surface area contributed by atoms with Gasteiger partial charge in [-0.15, -0.1) is 0 Å². The van der Waals surface area contributed by atoms with Gasteiger partial charge in [-0.2, -0.15) is 0 Å². The second kappa shape index (κ2) is 6.66. The van der Waals surface area contributed by atoms with Crippen LogP contribution in [0.5, 0.6) is 0 Å². The zero-order valence-corrected chi connectivity index (χ0v) is 12.6. The molecule has 1 amide bonds. The van der Waals surface area contributed by atoms with E-state index in [0.29, 0.717) is 6.42 Å². The molecule has 0 saturated carbocycles. The van der Waals surface area contributed by atoms with E-state index in [2.05, 4.69) is 5.32 Å². The molecule has 0 bridgehead atoms. The molecule has 1 aromatic carbocycles. The fourth-order valence-corrected chi connectivity index (χ4v) is 1.84. The van der Waals surface area contributed by atoms with Crippen molar-refractivity contribution in [3.05, 3.63) is 35.4 Å². The first-order valence-corrected chi connectivity index (χ1v) is 6.74. The number of hydrogen-bond donors (Lipinski definition) is 2. The van der Waals surface area contributed by atoms with Gasteiger partial charge in [0, 0.05) is 0 Å². The van der Waals surface area contributed by atoms with Crippen molar-refractivity contribution in [3.63, 3.8) is 0 Å². The predicted octanol–water partition coefficient (Wildman–Crippen LogP) is 1.51. The molecule has 0 saturated heterocycles. The molecule has 109 valence electrons. The van der Waals surface area contributed by atoms with Crippen LogP contribution in [0.4, 0.5) is 0 Å². The van der Waals surface area contributed by atoms with Crippen molar-refractivity contribution in [3.8, 4) is 0 Å². The monoisotopic (exact) mass is 275 g/mol. The van der Waals surface area contributed by atoms with Crippen molar-refractivity contribution in [2.45, 2.75) is 46.2 Å². The average Bonchev–Trinajstić information content (AvgIpc) is 2.36. The van der Waals surface area contributed by atoms with Gasteiger partial charge in [0.2, 0.25) is 12.2 Å². The molecule has 0 aliphatic rings. The third kappa shape index (κ3) is 4.46. The second-order valence-corrected chi connectivity index (χ2v) is 6.16. The van der Waals surface area contributed by atoms with Gasteiger partial charge >= 0.3 is 0 Å². The highest BCUT2D eigenvalue weighted by molar-refractivity contribution is 5.84. The highest BCUT2D eigenvalue weighted by Crippen LogP contribution is 2.18. The maximum absolute atomic E-state index is 12.1. The summed E-state index contributed by atoms with van der Waals surface area (Å²) in [6.45, 7) is 7.60. The number of aryl methyl sites for hydroxylation is 1. The maximum atomic E-state index is 12.1. The van der Waals surface area contributed by atoms with Crippen LogP contribution >= 0.6 is 0 Å². The van der Waals surface area contributed by atoms with Crippen LogP contribution < -0.4 is 11.1 Å². The molecule has 1 rings (SSSR count). The maximum Gasteiger partial charge on any atom is 0.237 e. The first-order chi connectivity index (χ1) is 9.25. The Morgan fingerprint density at radius 1 is 1.35 bits per heavy atom. The van der Waals surface area contributed by atoms with Crippen LogP contribution in [0.1, 0.15) is 31.9 Å². The molecule has 0 aliphatic heterocycles. The van der Waals surface area contributed by atoms with Crippen LogP contribution in [-0.2, 0) is 16.0 Å². The number of nitrogens with two attached hydrogens (primary N) is 1. The number of nitrogens with one attached hydrogen (secondary N) is 1. The summed E-state index contributed by atoms with van der Waals surface area (Å²) in [6, 6.07) is 6.48. The van der Waals surface area contributed by atoms with E-state index >= 15 is 0 Å². The first kappa shape index (κ1) is 16.4. The Bertz CT molecular complexity index is 478. The van der Waals surface area contributed by atoms with E-state index in [1.165, 1.54) is 0 Å². The van der Waals surface area contributed by atoms with Crippen LogP contribution in [-0.4, -0.2) is 24.3 Å². The minimum Gasteiger partial charge on any atom is -0.344 e. The van der Waals surface area contributed by atoms with Gasteiger partial charge in [0.05, 0.1) is 6.04 Å². The van der Waals surface area contributed by atoms with E-state index < -0.39 is 12.1 Å². The molecular formula is C16H23N2O2. The summed E-state index contributed by atoms with van der Waals surface area (Å²) in [6.07, 6.45) is 2.32. The second-order valence-electron chi connectivity index (χ2n) is 6.16. The number of carbonyl (C=O) groups excluding carboxylic acids is 2. The molecule has 20 heavy (non-hydrogen) atoms. The highest BCUT2D eigenvalue weighted by atomic mass is 16.2. The molecule has 3 N–H and O–H groups in total. The van der Waals surface area contributed by atoms with Crippen molar-refractivity contribution in [2.24, 2.45) is 11.1 Å². The standard InChI is InChI=1S/C16H23N2O2/c1-11-7-5-6-8-12(11)9-13(17)15(20)18-14(10-19)16(2,3)4/h5-8,13-14H,9,17H2,1-4H3,(H,18,20)/t13-,14+/m0/s1. The number of rotatable bonds is 5. The number of benzene rings is 1. The van der Waals surface area contributed by atoms with Gasteiger partial charge in [0.15, 0.2) is 0 Å². The quantitative estimate of drug-likeness (QED) is 0.855. The number of hydrogen-bond acceptors (Lipinski definition) is 3. The first-order valence-electron chi connectivity index (χ1n) is 6.74. The molecule has 1 aromatic rings. The van der Waals surface area contributed by atoms with Gasteiger partial charge in [-0.25, -0.2) is 0 Å². The van der Waals surface area contributed by atoms with Crippen molar-refractivity contribution in [1.82, 2.24) is 5.32 Å². The predicted molar refractivity (Wildman–Crippen MR) is 79.9 cm³/mol. The van der Waals surface area contributed by atoms with Crippen LogP contribution in [0.3, 0.4) is 0 Å². The van der Waals surface area contributed by atoms with E-state index in [1.807, 2.05) is 58.2 Å². The normalized spacial score (nSPS) is 14.4. The lowest BCUT2D eigenvalue weighted by molar-refractivity contribution is -0.123. The molecule has 1 radical (unpaired) electrons. The van der Waals surface area contributed by atoms with Gasteiger partial charge in [-0.1, -0.05) is 45.0 Å². The van der Waals surface area contributed by atoms with Crippen molar-refractivity contribution in [1.29, 1.82) is 0 Å². The Morgan fingerprint density at radius 2 is 1.95 bits per heavy atom. The molecule has 4 heteroatoms. The van der Waals surface area contributed by atoms with Crippen LogP contribution in [0.2, 0.25) is 0 Å². The zero-order valence-electron chi connectivity index (χ0n) is 12.6. The Hall–Kier alpha value is -1.68. The van der Waals surface area contributed by atoms with Gasteiger partial charge in [0.1, 0.15) is 6.04 Å². The Morgan fingerprint density at radius 3 is 2.45 bits per heavy atom. The fourth-order valence-electron chi connectivity index (χ4n) is 1.84. The van der Waals surface area contributed by atoms with Crippen LogP contribution in [0, 0.1) is 12.3 Å². The molecular weight excluding hydrogens is 252 g/mol. The summed E-state index contributed by atoms with van der Waals surface area (Å²) in [7, 11) is 0. The van der Waals surface area contributed by atoms with E-state index in [4.69, 9.17) is 5.73 Å². The minimum atomic E-state index is -0.672. The van der Waals surface area contributed by atoms with Gasteiger partial charge in [-0.05, 0) is 29.9 Å². The van der Waals surface area contributed by atoms with Crippen LogP contribution in [0.25, 0.3) is 0 Å². The lowest BCUT2D eigenvalue weighted by Gasteiger charge is -2.27. The van der Waals surface area contributed by atoms with Crippen molar-refractivity contribution in [2.75, 3.05) is 0 Å². The highest BCUT2D eigenvalue weighted by Gasteiger charge is 2.28. The lowest BCUT2D eigenvalue weighted by atomic mass is 9.87. The molecule has 4 nitrogen and oxygen atoms in total. The molecule has 0 aromatic heterocycles.